The number of Topliss-reactive ketones (excluding diaryl/α,β-unsaturated/α-hetero) is 1. The maximum absolute atomic E-state index is 13.6. The fourth-order valence-corrected chi connectivity index (χ4v) is 5.60. The van der Waals surface area contributed by atoms with E-state index in [4.69, 9.17) is 4.74 Å². The first-order valence-electron chi connectivity index (χ1n) is 13.3. The second-order valence-corrected chi connectivity index (χ2v) is 10.5. The average molecular weight is 527 g/mol. The molecule has 5 rings (SSSR count). The maximum atomic E-state index is 13.6. The van der Waals surface area contributed by atoms with Gasteiger partial charge in [0, 0.05) is 30.0 Å². The molecule has 0 bridgehead atoms. The number of rotatable bonds is 6. The minimum atomic E-state index is -0.868. The standard InChI is InChI=1S/C32H34N2O5/c1-19(2)25-18-26(20(3)17-27(25)39-4)30(36)28-29(21-7-13-24(35)14-8-21)34(32(38)31(28)37)23-11-9-22(10-12-23)33-15-5-6-16-33/h7-14,17-19,29,35-36H,5-6,15-16H2,1-4H3/b30-28+. The first kappa shape index (κ1) is 26.4. The Morgan fingerprint density at radius 2 is 1.56 bits per heavy atom. The van der Waals surface area contributed by atoms with Gasteiger partial charge in [-0.3, -0.25) is 14.5 Å². The van der Waals surface area contributed by atoms with Crippen LogP contribution in [-0.4, -0.2) is 42.1 Å². The highest BCUT2D eigenvalue weighted by Gasteiger charge is 2.47. The number of amides is 1. The minimum absolute atomic E-state index is 0.0114. The third-order valence-electron chi connectivity index (χ3n) is 7.71. The van der Waals surface area contributed by atoms with Crippen LogP contribution in [0.2, 0.25) is 0 Å². The summed E-state index contributed by atoms with van der Waals surface area (Å²) in [6.45, 7) is 7.88. The van der Waals surface area contributed by atoms with Crippen molar-refractivity contribution in [3.05, 3.63) is 88.5 Å². The van der Waals surface area contributed by atoms with Gasteiger partial charge >= 0.3 is 0 Å². The Kier molecular flexibility index (Phi) is 7.08. The predicted molar refractivity (Wildman–Crippen MR) is 153 cm³/mol. The topological polar surface area (TPSA) is 90.3 Å². The molecule has 0 spiro atoms. The first-order chi connectivity index (χ1) is 18.7. The molecule has 7 nitrogen and oxygen atoms in total. The quantitative estimate of drug-likeness (QED) is 0.231. The third-order valence-corrected chi connectivity index (χ3v) is 7.71. The highest BCUT2D eigenvalue weighted by atomic mass is 16.5. The summed E-state index contributed by atoms with van der Waals surface area (Å²) in [5.41, 5.74) is 4.34. The number of anilines is 2. The number of carbonyl (C=O) groups is 2. The molecule has 1 unspecified atom stereocenters. The summed E-state index contributed by atoms with van der Waals surface area (Å²) in [5.74, 6) is -0.818. The van der Waals surface area contributed by atoms with E-state index in [1.54, 1.807) is 19.2 Å². The van der Waals surface area contributed by atoms with Crippen molar-refractivity contribution < 1.29 is 24.5 Å². The van der Waals surface area contributed by atoms with Crippen LogP contribution >= 0.6 is 0 Å². The van der Waals surface area contributed by atoms with Crippen LogP contribution in [-0.2, 0) is 9.59 Å². The van der Waals surface area contributed by atoms with Gasteiger partial charge in [0.15, 0.2) is 0 Å². The van der Waals surface area contributed by atoms with Crippen LogP contribution in [0, 0.1) is 6.92 Å². The molecule has 2 heterocycles. The van der Waals surface area contributed by atoms with Gasteiger partial charge in [-0.15, -0.1) is 0 Å². The largest absolute Gasteiger partial charge is 0.508 e. The number of nitrogens with zero attached hydrogens (tertiary/aromatic N) is 2. The smallest absolute Gasteiger partial charge is 0.300 e. The van der Waals surface area contributed by atoms with Gasteiger partial charge in [-0.1, -0.05) is 26.0 Å². The fraction of sp³-hybridized carbons (Fsp3) is 0.312. The van der Waals surface area contributed by atoms with Crippen LogP contribution < -0.4 is 14.5 Å². The number of carbonyl (C=O) groups excluding carboxylic acids is 2. The lowest BCUT2D eigenvalue weighted by molar-refractivity contribution is -0.132. The third kappa shape index (κ3) is 4.73. The van der Waals surface area contributed by atoms with Crippen molar-refractivity contribution in [2.75, 3.05) is 30.0 Å². The van der Waals surface area contributed by atoms with Crippen LogP contribution in [0.3, 0.4) is 0 Å². The van der Waals surface area contributed by atoms with Crippen molar-refractivity contribution in [1.29, 1.82) is 0 Å². The fourth-order valence-electron chi connectivity index (χ4n) is 5.60. The molecule has 0 aliphatic carbocycles. The number of ether oxygens (including phenoxy) is 1. The highest BCUT2D eigenvalue weighted by molar-refractivity contribution is 6.51. The van der Waals surface area contributed by atoms with Crippen molar-refractivity contribution in [2.45, 2.75) is 45.6 Å². The first-order valence-corrected chi connectivity index (χ1v) is 13.3. The lowest BCUT2D eigenvalue weighted by Crippen LogP contribution is -2.29. The van der Waals surface area contributed by atoms with Crippen LogP contribution in [0.1, 0.15) is 60.9 Å². The number of aromatic hydroxyl groups is 1. The zero-order valence-electron chi connectivity index (χ0n) is 22.8. The molecule has 39 heavy (non-hydrogen) atoms. The van der Waals surface area contributed by atoms with Crippen LogP contribution in [0.25, 0.3) is 5.76 Å². The van der Waals surface area contributed by atoms with Crippen molar-refractivity contribution in [2.24, 2.45) is 0 Å². The van der Waals surface area contributed by atoms with Crippen LogP contribution in [0.15, 0.2) is 66.2 Å². The summed E-state index contributed by atoms with van der Waals surface area (Å²) in [5, 5.41) is 21.6. The van der Waals surface area contributed by atoms with Gasteiger partial charge in [-0.05, 0) is 90.9 Å². The molecule has 0 aromatic heterocycles. The summed E-state index contributed by atoms with van der Waals surface area (Å²) in [4.78, 5) is 30.9. The number of aliphatic hydroxyl groups excluding tert-OH is 1. The number of aliphatic hydroxyl groups is 1. The number of phenolic OH excluding ortho intramolecular Hbond substituents is 1. The number of aryl methyl sites for hydroxylation is 1. The molecule has 2 N–H and O–H groups in total. The molecule has 202 valence electrons. The lowest BCUT2D eigenvalue weighted by atomic mass is 9.91. The molecule has 7 heteroatoms. The number of phenols is 1. The van der Waals surface area contributed by atoms with E-state index in [1.807, 2.05) is 57.2 Å². The lowest BCUT2D eigenvalue weighted by Gasteiger charge is -2.26. The Morgan fingerprint density at radius 3 is 2.15 bits per heavy atom. The Hall–Kier alpha value is -4.26. The molecule has 0 saturated carbocycles. The van der Waals surface area contributed by atoms with E-state index in [2.05, 4.69) is 4.90 Å². The van der Waals surface area contributed by atoms with E-state index < -0.39 is 17.7 Å². The second kappa shape index (κ2) is 10.5. The second-order valence-electron chi connectivity index (χ2n) is 10.5. The van der Waals surface area contributed by atoms with Gasteiger partial charge in [0.05, 0.1) is 18.7 Å². The van der Waals surface area contributed by atoms with E-state index in [1.165, 1.54) is 17.0 Å². The summed E-state index contributed by atoms with van der Waals surface area (Å²) < 4.78 is 5.55. The monoisotopic (exact) mass is 526 g/mol. The van der Waals surface area contributed by atoms with Gasteiger partial charge in [-0.2, -0.15) is 0 Å². The Labute approximate surface area is 228 Å². The number of ketones is 1. The van der Waals surface area contributed by atoms with E-state index in [0.717, 1.165) is 42.7 Å². The van der Waals surface area contributed by atoms with Crippen molar-refractivity contribution in [1.82, 2.24) is 0 Å². The zero-order chi connectivity index (χ0) is 27.8. The van der Waals surface area contributed by atoms with Crippen LogP contribution in [0.4, 0.5) is 11.4 Å². The normalized spacial score (nSPS) is 18.8. The van der Waals surface area contributed by atoms with Gasteiger partial charge in [0.1, 0.15) is 17.3 Å². The van der Waals surface area contributed by atoms with Crippen molar-refractivity contribution in [3.63, 3.8) is 0 Å². The molecular weight excluding hydrogens is 492 g/mol. The Balaban J connectivity index is 1.66. The summed E-state index contributed by atoms with van der Waals surface area (Å²) >= 11 is 0. The van der Waals surface area contributed by atoms with E-state index >= 15 is 0 Å². The van der Waals surface area contributed by atoms with E-state index in [-0.39, 0.29) is 23.0 Å². The molecule has 0 radical (unpaired) electrons. The number of benzene rings is 3. The van der Waals surface area contributed by atoms with E-state index in [9.17, 15) is 19.8 Å². The Morgan fingerprint density at radius 1 is 0.949 bits per heavy atom. The van der Waals surface area contributed by atoms with Gasteiger partial charge in [0.2, 0.25) is 0 Å². The van der Waals surface area contributed by atoms with E-state index in [0.29, 0.717) is 22.6 Å². The molecular formula is C32H34N2O5. The maximum Gasteiger partial charge on any atom is 0.300 e. The average Bonchev–Trinajstić information content (AvgIpc) is 3.56. The molecule has 2 aliphatic heterocycles. The molecule has 2 aliphatic rings. The summed E-state index contributed by atoms with van der Waals surface area (Å²) in [6, 6.07) is 16.8. The van der Waals surface area contributed by atoms with Crippen LogP contribution in [0.5, 0.6) is 11.5 Å². The number of hydrogen-bond donors (Lipinski definition) is 2. The van der Waals surface area contributed by atoms with Crippen molar-refractivity contribution >= 4 is 28.8 Å². The molecule has 3 aromatic rings. The summed E-state index contributed by atoms with van der Waals surface area (Å²) in [6.07, 6.45) is 2.31. The van der Waals surface area contributed by atoms with Gasteiger partial charge < -0.3 is 19.8 Å². The zero-order valence-corrected chi connectivity index (χ0v) is 22.8. The summed E-state index contributed by atoms with van der Waals surface area (Å²) in [7, 11) is 1.60. The molecule has 3 aromatic carbocycles. The SMILES string of the molecule is COc1cc(C)c(/C(O)=C2\C(=O)C(=O)N(c3ccc(N4CCCC4)cc3)C2c2ccc(O)cc2)cc1C(C)C. The Bertz CT molecular complexity index is 1430. The predicted octanol–water partition coefficient (Wildman–Crippen LogP) is 6.06. The van der Waals surface area contributed by atoms with Gasteiger partial charge in [0.25, 0.3) is 11.7 Å². The number of hydrogen-bond acceptors (Lipinski definition) is 6. The molecule has 2 saturated heterocycles. The minimum Gasteiger partial charge on any atom is -0.508 e. The molecule has 1 atom stereocenters. The number of methoxy groups -OCH3 is 1. The highest BCUT2D eigenvalue weighted by Crippen LogP contribution is 2.44. The van der Waals surface area contributed by atoms with Crippen molar-refractivity contribution in [3.8, 4) is 11.5 Å². The molecule has 2 fully saturated rings. The van der Waals surface area contributed by atoms with Gasteiger partial charge in [-0.25, -0.2) is 0 Å². The molecule has 1 amide bonds.